The molecule has 0 unspecified atom stereocenters. The molecular formula is C26H26N4O3S. The fourth-order valence-electron chi connectivity index (χ4n) is 4.10. The topological polar surface area (TPSA) is 76.5 Å². The quantitative estimate of drug-likeness (QED) is 0.451. The van der Waals surface area contributed by atoms with Gasteiger partial charge >= 0.3 is 0 Å². The van der Waals surface area contributed by atoms with Crippen molar-refractivity contribution in [1.82, 2.24) is 9.55 Å². The fourth-order valence-corrected chi connectivity index (χ4v) is 5.00. The zero-order chi connectivity index (χ0) is 23.5. The molecule has 1 fully saturated rings. The molecule has 2 aromatic carbocycles. The highest BCUT2D eigenvalue weighted by molar-refractivity contribution is 7.17. The number of hydrogen-bond acceptors (Lipinski definition) is 6. The van der Waals surface area contributed by atoms with Crippen LogP contribution in [0.3, 0.4) is 0 Å². The number of fused-ring (bicyclic) bond motifs is 1. The van der Waals surface area contributed by atoms with E-state index < -0.39 is 0 Å². The van der Waals surface area contributed by atoms with Gasteiger partial charge in [-0.15, -0.1) is 11.3 Å². The largest absolute Gasteiger partial charge is 0.378 e. The maximum absolute atomic E-state index is 13.2. The summed E-state index contributed by atoms with van der Waals surface area (Å²) in [5.41, 5.74) is 4.78. The van der Waals surface area contributed by atoms with Gasteiger partial charge in [-0.3, -0.25) is 14.2 Å². The number of nitrogens with zero attached hydrogens (tertiary/aromatic N) is 3. The number of carbonyl (C=O) groups excluding carboxylic acids is 1. The Hall–Kier alpha value is -3.49. The van der Waals surface area contributed by atoms with E-state index in [1.54, 1.807) is 0 Å². The van der Waals surface area contributed by atoms with Crippen LogP contribution in [-0.2, 0) is 16.1 Å². The number of amides is 1. The number of aryl methyl sites for hydroxylation is 2. The lowest BCUT2D eigenvalue weighted by Crippen LogP contribution is -2.36. The normalized spacial score (nSPS) is 13.9. The molecule has 34 heavy (non-hydrogen) atoms. The van der Waals surface area contributed by atoms with E-state index in [0.717, 1.165) is 48.8 Å². The lowest BCUT2D eigenvalue weighted by Gasteiger charge is -2.28. The molecule has 1 N–H and O–H groups in total. The van der Waals surface area contributed by atoms with E-state index >= 15 is 0 Å². The van der Waals surface area contributed by atoms with Gasteiger partial charge in [0.2, 0.25) is 5.91 Å². The highest BCUT2D eigenvalue weighted by Gasteiger charge is 2.15. The summed E-state index contributed by atoms with van der Waals surface area (Å²) in [6, 6.07) is 15.9. The fraction of sp³-hybridized carbons (Fsp3) is 0.269. The standard InChI is InChI=1S/C26H26N4O3S/c1-18-2-4-19(5-3-18)22-16-34-25-24(22)26(32)30(17-27-25)11-10-23(31)28-20-6-8-21(9-7-20)29-12-14-33-15-13-29/h2-9,16-17H,10-15H2,1H3,(H,28,31). The van der Waals surface area contributed by atoms with E-state index in [0.29, 0.717) is 10.2 Å². The molecule has 7 nitrogen and oxygen atoms in total. The van der Waals surface area contributed by atoms with Crippen LogP contribution in [0, 0.1) is 6.92 Å². The second-order valence-corrected chi connectivity index (χ2v) is 9.24. The van der Waals surface area contributed by atoms with Crippen molar-refractivity contribution < 1.29 is 9.53 Å². The third kappa shape index (κ3) is 4.73. The van der Waals surface area contributed by atoms with E-state index in [2.05, 4.69) is 15.2 Å². The Morgan fingerprint density at radius 1 is 1.09 bits per heavy atom. The summed E-state index contributed by atoms with van der Waals surface area (Å²) in [7, 11) is 0. The second-order valence-electron chi connectivity index (χ2n) is 8.38. The maximum Gasteiger partial charge on any atom is 0.262 e. The van der Waals surface area contributed by atoms with Crippen LogP contribution in [0.2, 0.25) is 0 Å². The van der Waals surface area contributed by atoms with Crippen LogP contribution in [-0.4, -0.2) is 41.8 Å². The van der Waals surface area contributed by atoms with Gasteiger partial charge in [0, 0.05) is 48.4 Å². The minimum absolute atomic E-state index is 0.121. The predicted octanol–water partition coefficient (Wildman–Crippen LogP) is 4.30. The average molecular weight is 475 g/mol. The summed E-state index contributed by atoms with van der Waals surface area (Å²) < 4.78 is 6.92. The van der Waals surface area contributed by atoms with E-state index in [1.165, 1.54) is 27.8 Å². The van der Waals surface area contributed by atoms with Gasteiger partial charge in [0.15, 0.2) is 0 Å². The molecule has 1 saturated heterocycles. The van der Waals surface area contributed by atoms with E-state index in [1.807, 2.05) is 60.8 Å². The first kappa shape index (κ1) is 22.3. The summed E-state index contributed by atoms with van der Waals surface area (Å²) in [5, 5.41) is 5.50. The van der Waals surface area contributed by atoms with Gasteiger partial charge < -0.3 is 15.0 Å². The number of hydrogen-bond donors (Lipinski definition) is 1. The number of morpholine rings is 1. The van der Waals surface area contributed by atoms with Crippen LogP contribution < -0.4 is 15.8 Å². The lowest BCUT2D eigenvalue weighted by atomic mass is 10.1. The summed E-state index contributed by atoms with van der Waals surface area (Å²) in [4.78, 5) is 33.2. The molecule has 0 radical (unpaired) electrons. The Morgan fingerprint density at radius 3 is 2.56 bits per heavy atom. The molecule has 0 spiro atoms. The van der Waals surface area contributed by atoms with E-state index in [-0.39, 0.29) is 24.4 Å². The monoisotopic (exact) mass is 474 g/mol. The van der Waals surface area contributed by atoms with Gasteiger partial charge in [-0.1, -0.05) is 29.8 Å². The first-order valence-corrected chi connectivity index (χ1v) is 12.2. The van der Waals surface area contributed by atoms with Crippen molar-refractivity contribution in [3.8, 4) is 11.1 Å². The number of carbonyl (C=O) groups is 1. The summed E-state index contributed by atoms with van der Waals surface area (Å²) in [6.07, 6.45) is 1.72. The molecule has 0 atom stereocenters. The van der Waals surface area contributed by atoms with Crippen molar-refractivity contribution in [2.45, 2.75) is 19.9 Å². The minimum atomic E-state index is -0.143. The second kappa shape index (κ2) is 9.79. The average Bonchev–Trinajstić information content (AvgIpc) is 3.30. The first-order valence-electron chi connectivity index (χ1n) is 11.3. The number of thiophene rings is 1. The van der Waals surface area contributed by atoms with Crippen molar-refractivity contribution in [3.63, 3.8) is 0 Å². The van der Waals surface area contributed by atoms with E-state index in [9.17, 15) is 9.59 Å². The minimum Gasteiger partial charge on any atom is -0.378 e. The summed E-state index contributed by atoms with van der Waals surface area (Å²) >= 11 is 1.46. The Labute approximate surface area is 201 Å². The molecule has 3 heterocycles. The number of benzene rings is 2. The molecule has 174 valence electrons. The molecule has 5 rings (SSSR count). The van der Waals surface area contributed by atoms with Gasteiger partial charge in [-0.05, 0) is 36.8 Å². The van der Waals surface area contributed by atoms with Crippen molar-refractivity contribution in [1.29, 1.82) is 0 Å². The molecule has 2 aromatic heterocycles. The molecular weight excluding hydrogens is 448 g/mol. The van der Waals surface area contributed by atoms with Crippen molar-refractivity contribution >= 4 is 38.8 Å². The van der Waals surface area contributed by atoms with Crippen LogP contribution in [0.25, 0.3) is 21.3 Å². The Bertz CT molecular complexity index is 1350. The number of aromatic nitrogens is 2. The van der Waals surface area contributed by atoms with Crippen LogP contribution in [0.1, 0.15) is 12.0 Å². The summed E-state index contributed by atoms with van der Waals surface area (Å²) in [5.74, 6) is -0.143. The number of rotatable bonds is 6. The zero-order valence-corrected chi connectivity index (χ0v) is 19.8. The molecule has 8 heteroatoms. The third-order valence-corrected chi connectivity index (χ3v) is 6.92. The highest BCUT2D eigenvalue weighted by atomic mass is 32.1. The van der Waals surface area contributed by atoms with E-state index in [4.69, 9.17) is 4.74 Å². The van der Waals surface area contributed by atoms with Crippen molar-refractivity contribution in [3.05, 3.63) is 76.2 Å². The molecule has 0 aliphatic carbocycles. The SMILES string of the molecule is Cc1ccc(-c2csc3ncn(CCC(=O)Nc4ccc(N5CCOCC5)cc4)c(=O)c23)cc1. The van der Waals surface area contributed by atoms with Gasteiger partial charge in [0.1, 0.15) is 4.83 Å². The lowest BCUT2D eigenvalue weighted by molar-refractivity contribution is -0.116. The van der Waals surface area contributed by atoms with Crippen LogP contribution in [0.15, 0.2) is 65.0 Å². The zero-order valence-electron chi connectivity index (χ0n) is 19.0. The van der Waals surface area contributed by atoms with Crippen molar-refractivity contribution in [2.75, 3.05) is 36.5 Å². The number of ether oxygens (including phenoxy) is 1. The molecule has 1 aliphatic rings. The molecule has 0 bridgehead atoms. The predicted molar refractivity (Wildman–Crippen MR) is 137 cm³/mol. The van der Waals surface area contributed by atoms with Crippen LogP contribution in [0.4, 0.5) is 11.4 Å². The molecule has 1 amide bonds. The third-order valence-electron chi connectivity index (χ3n) is 6.03. The van der Waals surface area contributed by atoms with Gasteiger partial charge in [-0.2, -0.15) is 0 Å². The van der Waals surface area contributed by atoms with Gasteiger partial charge in [0.25, 0.3) is 5.56 Å². The van der Waals surface area contributed by atoms with Gasteiger partial charge in [0.05, 0.1) is 24.9 Å². The smallest absolute Gasteiger partial charge is 0.262 e. The molecule has 1 aliphatic heterocycles. The van der Waals surface area contributed by atoms with Crippen molar-refractivity contribution in [2.24, 2.45) is 0 Å². The Morgan fingerprint density at radius 2 is 1.82 bits per heavy atom. The molecule has 0 saturated carbocycles. The Balaban J connectivity index is 1.26. The highest BCUT2D eigenvalue weighted by Crippen LogP contribution is 2.30. The van der Waals surface area contributed by atoms with Gasteiger partial charge in [-0.25, -0.2) is 4.98 Å². The summed E-state index contributed by atoms with van der Waals surface area (Å²) in [6.45, 7) is 5.51. The van der Waals surface area contributed by atoms with Crippen LogP contribution in [0.5, 0.6) is 0 Å². The number of anilines is 2. The first-order chi connectivity index (χ1) is 16.6. The molecule has 4 aromatic rings. The van der Waals surface area contributed by atoms with Crippen LogP contribution >= 0.6 is 11.3 Å². The number of nitrogens with one attached hydrogen (secondary N) is 1. The Kier molecular flexibility index (Phi) is 6.42. The maximum atomic E-state index is 13.2.